The highest BCUT2D eigenvalue weighted by Crippen LogP contribution is 1.83. The van der Waals surface area contributed by atoms with Gasteiger partial charge in [-0.25, -0.2) is 0 Å². The largest absolute Gasteiger partial charge is 0.493 e. The molecular formula is CH6Cl2O2P+. The number of halogens is 2. The van der Waals surface area contributed by atoms with Crippen molar-refractivity contribution in [3.8, 4) is 0 Å². The SMILES string of the molecule is CO[PH+]=O.Cl.Cl. The minimum atomic E-state index is -0.610. The molecule has 0 aromatic rings. The zero-order valence-electron chi connectivity index (χ0n) is 3.13. The van der Waals surface area contributed by atoms with Gasteiger partial charge in [0, 0.05) is 0 Å². The lowest BCUT2D eigenvalue weighted by molar-refractivity contribution is 0.433. The van der Waals surface area contributed by atoms with Crippen molar-refractivity contribution in [2.75, 3.05) is 7.11 Å². The van der Waals surface area contributed by atoms with Crippen LogP contribution in [-0.4, -0.2) is 7.11 Å². The molecule has 0 aliphatic carbocycles. The maximum Gasteiger partial charge on any atom is 0.493 e. The van der Waals surface area contributed by atoms with Gasteiger partial charge in [0.25, 0.3) is 0 Å². The van der Waals surface area contributed by atoms with Crippen molar-refractivity contribution in [2.45, 2.75) is 0 Å². The van der Waals surface area contributed by atoms with Crippen molar-refractivity contribution < 1.29 is 9.09 Å². The molecule has 0 rings (SSSR count). The summed E-state index contributed by atoms with van der Waals surface area (Å²) in [6, 6.07) is 0. The topological polar surface area (TPSA) is 26.3 Å². The average Bonchev–Trinajstić information content (AvgIpc) is 1.37. The van der Waals surface area contributed by atoms with E-state index in [1.807, 2.05) is 0 Å². The van der Waals surface area contributed by atoms with Gasteiger partial charge in [0.15, 0.2) is 0 Å². The van der Waals surface area contributed by atoms with Gasteiger partial charge in [-0.05, 0) is 4.57 Å². The molecule has 0 aliphatic heterocycles. The van der Waals surface area contributed by atoms with E-state index in [0.29, 0.717) is 0 Å². The third kappa shape index (κ3) is 22.9. The van der Waals surface area contributed by atoms with Gasteiger partial charge in [-0.1, -0.05) is 0 Å². The van der Waals surface area contributed by atoms with Crippen molar-refractivity contribution in [3.63, 3.8) is 0 Å². The van der Waals surface area contributed by atoms with Crippen LogP contribution in [-0.2, 0) is 9.09 Å². The second kappa shape index (κ2) is 17.4. The van der Waals surface area contributed by atoms with Crippen LogP contribution in [0, 0.1) is 0 Å². The minimum Gasteiger partial charge on any atom is -0.151 e. The van der Waals surface area contributed by atoms with Crippen LogP contribution in [0.2, 0.25) is 0 Å². The van der Waals surface area contributed by atoms with Crippen LogP contribution in [0.15, 0.2) is 0 Å². The average molecular weight is 152 g/mol. The first-order valence-corrected chi connectivity index (χ1v) is 1.63. The summed E-state index contributed by atoms with van der Waals surface area (Å²) in [5.74, 6) is 0. The molecule has 40 valence electrons. The molecule has 0 saturated heterocycles. The molecule has 6 heavy (non-hydrogen) atoms. The van der Waals surface area contributed by atoms with Crippen LogP contribution in [0.1, 0.15) is 0 Å². The standard InChI is InChI=1S/CH4O2P.2ClH/c1-3-4-2;;/h4H,1H3;2*1H/q+1;;. The summed E-state index contributed by atoms with van der Waals surface area (Å²) in [5.41, 5.74) is 0. The predicted octanol–water partition coefficient (Wildman–Crippen LogP) is 1.42. The van der Waals surface area contributed by atoms with E-state index in [1.54, 1.807) is 0 Å². The fraction of sp³-hybridized carbons (Fsp3) is 1.00. The Morgan fingerprint density at radius 3 is 1.67 bits per heavy atom. The summed E-state index contributed by atoms with van der Waals surface area (Å²) in [6.45, 7) is 0. The Labute approximate surface area is 50.4 Å². The Balaban J connectivity index is -0.0000000450. The Morgan fingerprint density at radius 2 is 1.67 bits per heavy atom. The van der Waals surface area contributed by atoms with Crippen LogP contribution < -0.4 is 0 Å². The maximum absolute atomic E-state index is 9.10. The van der Waals surface area contributed by atoms with Crippen molar-refractivity contribution in [1.29, 1.82) is 0 Å². The van der Waals surface area contributed by atoms with Gasteiger partial charge in [-0.2, -0.15) is 4.52 Å². The highest BCUT2D eigenvalue weighted by Gasteiger charge is 1.65. The molecule has 0 N–H and O–H groups in total. The van der Waals surface area contributed by atoms with Gasteiger partial charge in [0.1, 0.15) is 0 Å². The highest BCUT2D eigenvalue weighted by molar-refractivity contribution is 7.17. The first kappa shape index (κ1) is 15.9. The molecule has 0 radical (unpaired) electrons. The van der Waals surface area contributed by atoms with Crippen LogP contribution >= 0.6 is 33.5 Å². The van der Waals surface area contributed by atoms with Gasteiger partial charge in [-0.15, -0.1) is 24.8 Å². The first-order valence-electron chi connectivity index (χ1n) is 0.816. The maximum atomic E-state index is 9.10. The van der Waals surface area contributed by atoms with Crippen molar-refractivity contribution in [1.82, 2.24) is 0 Å². The van der Waals surface area contributed by atoms with Crippen molar-refractivity contribution in [2.24, 2.45) is 0 Å². The molecule has 0 bridgehead atoms. The summed E-state index contributed by atoms with van der Waals surface area (Å²) in [5, 5.41) is 0. The summed E-state index contributed by atoms with van der Waals surface area (Å²) >= 11 is 0. The normalized spacial score (nSPS) is 5.50. The third-order valence-electron chi connectivity index (χ3n) is 0.0833. The molecule has 1 unspecified atom stereocenters. The molecule has 0 aromatic carbocycles. The fourth-order valence-electron chi connectivity index (χ4n) is 0. The Bertz CT molecular complexity index is 25.5. The Kier molecular flexibility index (Phi) is 46.3. The lowest BCUT2D eigenvalue weighted by Gasteiger charge is -1.44. The molecule has 0 aliphatic rings. The number of rotatable bonds is 1. The van der Waals surface area contributed by atoms with E-state index in [2.05, 4.69) is 4.52 Å². The van der Waals surface area contributed by atoms with Crippen molar-refractivity contribution >= 4 is 33.5 Å². The van der Waals surface area contributed by atoms with Gasteiger partial charge in [-0.3, -0.25) is 0 Å². The second-order valence-corrected chi connectivity index (χ2v) is 0.862. The van der Waals surface area contributed by atoms with Crippen LogP contribution in [0.4, 0.5) is 0 Å². The van der Waals surface area contributed by atoms with E-state index < -0.39 is 8.69 Å². The molecular weight excluding hydrogens is 146 g/mol. The molecule has 2 nitrogen and oxygen atoms in total. The van der Waals surface area contributed by atoms with E-state index in [-0.39, 0.29) is 24.8 Å². The summed E-state index contributed by atoms with van der Waals surface area (Å²) < 4.78 is 13.1. The fourth-order valence-corrected chi connectivity index (χ4v) is 0. The molecule has 0 saturated carbocycles. The number of hydrogen-bond donors (Lipinski definition) is 0. The van der Waals surface area contributed by atoms with Crippen molar-refractivity contribution in [3.05, 3.63) is 0 Å². The predicted molar refractivity (Wildman–Crippen MR) is 30.5 cm³/mol. The molecule has 5 heteroatoms. The smallest absolute Gasteiger partial charge is 0.151 e. The van der Waals surface area contributed by atoms with E-state index >= 15 is 0 Å². The number of hydrogen-bond acceptors (Lipinski definition) is 2. The second-order valence-electron chi connectivity index (χ2n) is 0.287. The quantitative estimate of drug-likeness (QED) is 0.531. The Morgan fingerprint density at radius 1 is 1.50 bits per heavy atom. The molecule has 0 amide bonds. The zero-order chi connectivity index (χ0) is 3.41. The van der Waals surface area contributed by atoms with Gasteiger partial charge >= 0.3 is 8.69 Å². The highest BCUT2D eigenvalue weighted by atomic mass is 35.5. The van der Waals surface area contributed by atoms with Crippen LogP contribution in [0.3, 0.4) is 0 Å². The summed E-state index contributed by atoms with van der Waals surface area (Å²) in [7, 11) is 0.771. The van der Waals surface area contributed by atoms with Crippen LogP contribution in [0.25, 0.3) is 0 Å². The summed E-state index contributed by atoms with van der Waals surface area (Å²) in [4.78, 5) is 0. The molecule has 0 aromatic heterocycles. The van der Waals surface area contributed by atoms with E-state index in [4.69, 9.17) is 4.57 Å². The lowest BCUT2D eigenvalue weighted by Crippen LogP contribution is -1.42. The molecule has 1 atom stereocenters. The van der Waals surface area contributed by atoms with Gasteiger partial charge in [0.2, 0.25) is 0 Å². The van der Waals surface area contributed by atoms with Crippen LogP contribution in [0.5, 0.6) is 0 Å². The van der Waals surface area contributed by atoms with E-state index in [9.17, 15) is 0 Å². The summed E-state index contributed by atoms with van der Waals surface area (Å²) in [6.07, 6.45) is 0. The minimum absolute atomic E-state index is 0. The van der Waals surface area contributed by atoms with Gasteiger partial charge < -0.3 is 0 Å². The molecule has 0 fully saturated rings. The molecule has 0 spiro atoms. The monoisotopic (exact) mass is 151 g/mol. The lowest BCUT2D eigenvalue weighted by atomic mass is 11.8. The Hall–Kier alpha value is 0.640. The first-order chi connectivity index (χ1) is 1.91. The van der Waals surface area contributed by atoms with E-state index in [0.717, 1.165) is 0 Å². The van der Waals surface area contributed by atoms with Gasteiger partial charge in [0.05, 0.1) is 7.11 Å². The molecule has 0 heterocycles. The van der Waals surface area contributed by atoms with E-state index in [1.165, 1.54) is 7.11 Å². The third-order valence-corrected chi connectivity index (χ3v) is 0.250. The zero-order valence-corrected chi connectivity index (χ0v) is 5.77.